The van der Waals surface area contributed by atoms with Gasteiger partial charge in [0.2, 0.25) is 5.91 Å². The first-order valence-electron chi connectivity index (χ1n) is 10.1. The van der Waals surface area contributed by atoms with Crippen molar-refractivity contribution in [2.75, 3.05) is 32.8 Å². The summed E-state index contributed by atoms with van der Waals surface area (Å²) in [5.41, 5.74) is 0.294. The third-order valence-corrected chi connectivity index (χ3v) is 5.73. The summed E-state index contributed by atoms with van der Waals surface area (Å²) in [5.74, 6) is -0.286. The Hall–Kier alpha value is -1.34. The van der Waals surface area contributed by atoms with Gasteiger partial charge in [-0.15, -0.1) is 0 Å². The van der Waals surface area contributed by atoms with E-state index in [9.17, 15) is 9.59 Å². The van der Waals surface area contributed by atoms with Crippen LogP contribution in [0, 0.1) is 11.8 Å². The number of halogens is 2. The molecule has 0 saturated carbocycles. The fourth-order valence-corrected chi connectivity index (χ4v) is 3.93. The Kier molecular flexibility index (Phi) is 9.21. The van der Waals surface area contributed by atoms with Crippen molar-refractivity contribution in [1.29, 1.82) is 0 Å². The van der Waals surface area contributed by atoms with Crippen molar-refractivity contribution in [3.8, 4) is 0 Å². The summed E-state index contributed by atoms with van der Waals surface area (Å²) in [6.07, 6.45) is 0. The molecule has 0 unspecified atom stereocenters. The van der Waals surface area contributed by atoms with Gasteiger partial charge in [0.1, 0.15) is 6.04 Å². The number of hydrogen-bond acceptors (Lipinski definition) is 4. The van der Waals surface area contributed by atoms with Crippen LogP contribution >= 0.6 is 23.2 Å². The number of amides is 2. The zero-order valence-electron chi connectivity index (χ0n) is 17.5. The summed E-state index contributed by atoms with van der Waals surface area (Å²) in [4.78, 5) is 27.9. The molecule has 1 heterocycles. The van der Waals surface area contributed by atoms with E-state index in [-0.39, 0.29) is 22.9 Å². The van der Waals surface area contributed by atoms with E-state index in [1.165, 1.54) is 6.07 Å². The summed E-state index contributed by atoms with van der Waals surface area (Å²) in [5, 5.41) is 6.55. The maximum atomic E-state index is 12.9. The number of nitrogens with one attached hydrogen (secondary N) is 2. The number of morpholine rings is 1. The predicted molar refractivity (Wildman–Crippen MR) is 117 cm³/mol. The minimum Gasteiger partial charge on any atom is -0.379 e. The second kappa shape index (κ2) is 11.2. The maximum Gasteiger partial charge on any atom is 0.253 e. The molecule has 1 aromatic carbocycles. The minimum atomic E-state index is -0.660. The van der Waals surface area contributed by atoms with Crippen molar-refractivity contribution in [3.63, 3.8) is 0 Å². The van der Waals surface area contributed by atoms with Crippen molar-refractivity contribution >= 4 is 35.0 Å². The highest BCUT2D eigenvalue weighted by molar-refractivity contribution is 6.36. The Balaban J connectivity index is 2.01. The van der Waals surface area contributed by atoms with Crippen LogP contribution in [0.25, 0.3) is 0 Å². The Morgan fingerprint density at radius 3 is 2.31 bits per heavy atom. The highest BCUT2D eigenvalue weighted by Crippen LogP contribution is 2.21. The number of nitrogens with zero attached hydrogens (tertiary/aromatic N) is 1. The summed E-state index contributed by atoms with van der Waals surface area (Å²) in [7, 11) is 0. The summed E-state index contributed by atoms with van der Waals surface area (Å²) < 4.78 is 5.43. The third kappa shape index (κ3) is 6.85. The van der Waals surface area contributed by atoms with Crippen LogP contribution in [0.15, 0.2) is 18.2 Å². The fourth-order valence-electron chi connectivity index (χ4n) is 3.44. The molecule has 2 atom stereocenters. The highest BCUT2D eigenvalue weighted by Gasteiger charge is 2.28. The molecule has 0 aromatic heterocycles. The van der Waals surface area contributed by atoms with E-state index in [1.54, 1.807) is 12.1 Å². The molecular weight excluding hydrogens is 413 g/mol. The lowest BCUT2D eigenvalue weighted by atomic mass is 10.00. The molecule has 1 saturated heterocycles. The molecule has 0 spiro atoms. The van der Waals surface area contributed by atoms with Crippen molar-refractivity contribution in [2.24, 2.45) is 11.8 Å². The molecule has 0 bridgehead atoms. The molecule has 8 heteroatoms. The van der Waals surface area contributed by atoms with E-state index < -0.39 is 11.9 Å². The van der Waals surface area contributed by atoms with E-state index in [0.717, 1.165) is 13.1 Å². The number of benzene rings is 1. The topological polar surface area (TPSA) is 70.7 Å². The molecular formula is C21H31Cl2N3O3. The van der Waals surface area contributed by atoms with Crippen molar-refractivity contribution in [1.82, 2.24) is 15.5 Å². The normalized spacial score (nSPS) is 17.2. The fraction of sp³-hybridized carbons (Fsp3) is 0.619. The van der Waals surface area contributed by atoms with Crippen LogP contribution in [0.3, 0.4) is 0 Å². The number of hydrogen-bond donors (Lipinski definition) is 2. The van der Waals surface area contributed by atoms with Gasteiger partial charge in [-0.25, -0.2) is 0 Å². The lowest BCUT2D eigenvalue weighted by molar-refractivity contribution is -0.124. The molecule has 1 aromatic rings. The third-order valence-electron chi connectivity index (χ3n) is 5.18. The van der Waals surface area contributed by atoms with E-state index in [0.29, 0.717) is 36.3 Å². The molecule has 1 aliphatic rings. The number of rotatable bonds is 8. The van der Waals surface area contributed by atoms with Crippen molar-refractivity contribution in [3.05, 3.63) is 33.8 Å². The molecule has 29 heavy (non-hydrogen) atoms. The highest BCUT2D eigenvalue weighted by atomic mass is 35.5. The minimum absolute atomic E-state index is 0.0779. The standard InChI is InChI=1S/C21H31Cl2N3O3/c1-13(2)18(26-7-9-29-10-8-26)12-24-21(28)19(14(3)4)25-20(27)16-6-5-15(22)11-17(16)23/h5-6,11,13-14,18-19H,7-10,12H2,1-4H3,(H,24,28)(H,25,27)/t18-,19+/m0/s1. The second-order valence-electron chi connectivity index (χ2n) is 8.02. The molecule has 2 rings (SSSR count). The molecule has 0 radical (unpaired) electrons. The van der Waals surface area contributed by atoms with Crippen LogP contribution in [0.1, 0.15) is 38.1 Å². The quantitative estimate of drug-likeness (QED) is 0.646. The maximum absolute atomic E-state index is 12.9. The first-order chi connectivity index (χ1) is 13.7. The molecule has 0 aliphatic carbocycles. The van der Waals surface area contributed by atoms with Gasteiger partial charge in [-0.3, -0.25) is 14.5 Å². The van der Waals surface area contributed by atoms with E-state index >= 15 is 0 Å². The molecule has 6 nitrogen and oxygen atoms in total. The smallest absolute Gasteiger partial charge is 0.253 e. The monoisotopic (exact) mass is 443 g/mol. The Morgan fingerprint density at radius 1 is 1.10 bits per heavy atom. The molecule has 1 fully saturated rings. The Bertz CT molecular complexity index is 706. The Morgan fingerprint density at radius 2 is 1.76 bits per heavy atom. The lowest BCUT2D eigenvalue weighted by Crippen LogP contribution is -2.55. The van der Waals surface area contributed by atoms with Gasteiger partial charge in [-0.1, -0.05) is 50.9 Å². The second-order valence-corrected chi connectivity index (χ2v) is 8.87. The van der Waals surface area contributed by atoms with Gasteiger partial charge in [-0.05, 0) is 30.0 Å². The van der Waals surface area contributed by atoms with Gasteiger partial charge in [0.25, 0.3) is 5.91 Å². The van der Waals surface area contributed by atoms with Crippen LogP contribution < -0.4 is 10.6 Å². The van der Waals surface area contributed by atoms with Crippen LogP contribution in [-0.2, 0) is 9.53 Å². The van der Waals surface area contributed by atoms with E-state index in [2.05, 4.69) is 29.4 Å². The molecule has 2 amide bonds. The average Bonchev–Trinajstić information content (AvgIpc) is 2.66. The number of carbonyl (C=O) groups excluding carboxylic acids is 2. The Labute approximate surface area is 183 Å². The molecule has 2 N–H and O–H groups in total. The van der Waals surface area contributed by atoms with Gasteiger partial charge in [0.05, 0.1) is 23.8 Å². The summed E-state index contributed by atoms with van der Waals surface area (Å²) >= 11 is 12.0. The zero-order chi connectivity index (χ0) is 21.6. The van der Waals surface area contributed by atoms with Crippen molar-refractivity contribution < 1.29 is 14.3 Å². The average molecular weight is 444 g/mol. The SMILES string of the molecule is CC(C)[C@@H](NC(=O)c1ccc(Cl)cc1Cl)C(=O)NC[C@@H](C(C)C)N1CCOCC1. The predicted octanol–water partition coefficient (Wildman–Crippen LogP) is 3.22. The number of ether oxygens (including phenoxy) is 1. The van der Waals surface area contributed by atoms with Gasteiger partial charge in [-0.2, -0.15) is 0 Å². The van der Waals surface area contributed by atoms with Crippen molar-refractivity contribution in [2.45, 2.75) is 39.8 Å². The van der Waals surface area contributed by atoms with Gasteiger partial charge >= 0.3 is 0 Å². The first-order valence-corrected chi connectivity index (χ1v) is 10.8. The van der Waals surface area contributed by atoms with Gasteiger partial charge < -0.3 is 15.4 Å². The zero-order valence-corrected chi connectivity index (χ0v) is 19.0. The molecule has 1 aliphatic heterocycles. The van der Waals surface area contributed by atoms with Crippen LogP contribution in [0.4, 0.5) is 0 Å². The lowest BCUT2D eigenvalue weighted by Gasteiger charge is -2.37. The van der Waals surface area contributed by atoms with Crippen LogP contribution in [0.2, 0.25) is 10.0 Å². The largest absolute Gasteiger partial charge is 0.379 e. The molecule has 162 valence electrons. The van der Waals surface area contributed by atoms with Gasteiger partial charge in [0, 0.05) is 30.7 Å². The van der Waals surface area contributed by atoms with E-state index in [4.69, 9.17) is 27.9 Å². The van der Waals surface area contributed by atoms with Gasteiger partial charge in [0.15, 0.2) is 0 Å². The van der Waals surface area contributed by atoms with Crippen LogP contribution in [0.5, 0.6) is 0 Å². The summed E-state index contributed by atoms with van der Waals surface area (Å²) in [6.45, 7) is 11.8. The summed E-state index contributed by atoms with van der Waals surface area (Å²) in [6, 6.07) is 4.23. The van der Waals surface area contributed by atoms with E-state index in [1.807, 2.05) is 13.8 Å². The number of carbonyl (C=O) groups is 2. The van der Waals surface area contributed by atoms with Crippen LogP contribution in [-0.4, -0.2) is 61.6 Å². The first kappa shape index (κ1) is 23.9.